The lowest BCUT2D eigenvalue weighted by Gasteiger charge is -2.11. The third kappa shape index (κ3) is 4.89. The molecule has 0 aliphatic rings. The number of nitrogens with zero attached hydrogens (tertiary/aromatic N) is 1. The molecule has 0 aromatic heterocycles. The van der Waals surface area contributed by atoms with E-state index in [-0.39, 0.29) is 13.1 Å². The largest absolute Gasteiger partial charge is 0.368 e. The highest BCUT2D eigenvalue weighted by Crippen LogP contribution is 1.79. The SMILES string of the molecule is NC(=O)CN(C=O)CC(N)=O. The molecule has 0 bridgehead atoms. The van der Waals surface area contributed by atoms with Gasteiger partial charge in [0.2, 0.25) is 18.2 Å². The minimum absolute atomic E-state index is 0.285. The van der Waals surface area contributed by atoms with Crippen LogP contribution < -0.4 is 11.5 Å². The van der Waals surface area contributed by atoms with Crippen molar-refractivity contribution < 1.29 is 14.4 Å². The number of rotatable bonds is 5. The molecule has 0 fully saturated rings. The Balaban J connectivity index is 3.85. The van der Waals surface area contributed by atoms with Gasteiger partial charge >= 0.3 is 0 Å². The van der Waals surface area contributed by atoms with E-state index in [1.807, 2.05) is 0 Å². The topological polar surface area (TPSA) is 106 Å². The summed E-state index contributed by atoms with van der Waals surface area (Å²) in [7, 11) is 0. The second-order valence-electron chi connectivity index (χ2n) is 1.94. The van der Waals surface area contributed by atoms with E-state index in [1.54, 1.807) is 0 Å². The van der Waals surface area contributed by atoms with Crippen LogP contribution >= 0.6 is 0 Å². The van der Waals surface area contributed by atoms with E-state index in [1.165, 1.54) is 0 Å². The Morgan fingerprint density at radius 3 is 1.73 bits per heavy atom. The molecule has 0 aliphatic carbocycles. The summed E-state index contributed by atoms with van der Waals surface area (Å²) < 4.78 is 0. The van der Waals surface area contributed by atoms with Gasteiger partial charge in [-0.1, -0.05) is 0 Å². The number of carbonyl (C=O) groups is 3. The van der Waals surface area contributed by atoms with E-state index in [4.69, 9.17) is 11.5 Å². The lowest BCUT2D eigenvalue weighted by Crippen LogP contribution is -2.38. The summed E-state index contributed by atoms with van der Waals surface area (Å²) in [6, 6.07) is 0. The van der Waals surface area contributed by atoms with Crippen LogP contribution in [0.3, 0.4) is 0 Å². The van der Waals surface area contributed by atoms with Gasteiger partial charge in [-0.3, -0.25) is 14.4 Å². The summed E-state index contributed by atoms with van der Waals surface area (Å²) in [5.41, 5.74) is 9.51. The predicted molar refractivity (Wildman–Crippen MR) is 36.0 cm³/mol. The van der Waals surface area contributed by atoms with Gasteiger partial charge in [0.05, 0.1) is 13.1 Å². The number of nitrogens with two attached hydrogens (primary N) is 2. The van der Waals surface area contributed by atoms with E-state index in [2.05, 4.69) is 0 Å². The molecule has 0 aromatic carbocycles. The van der Waals surface area contributed by atoms with Crippen molar-refractivity contribution >= 4 is 18.2 Å². The number of primary amides is 2. The molecule has 11 heavy (non-hydrogen) atoms. The summed E-state index contributed by atoms with van der Waals surface area (Å²) in [5.74, 6) is -1.36. The standard InChI is InChI=1S/C5H9N3O3/c6-4(10)1-8(3-9)2-5(7)11/h3H,1-2H2,(H2,6,10)(H2,7,11). The molecule has 0 saturated heterocycles. The van der Waals surface area contributed by atoms with E-state index < -0.39 is 11.8 Å². The van der Waals surface area contributed by atoms with Crippen molar-refractivity contribution in [1.82, 2.24) is 4.90 Å². The first-order valence-corrected chi connectivity index (χ1v) is 2.82. The molecule has 0 saturated carbocycles. The molecule has 4 N–H and O–H groups in total. The van der Waals surface area contributed by atoms with Gasteiger partial charge in [-0.25, -0.2) is 0 Å². The van der Waals surface area contributed by atoms with Crippen LogP contribution in [0.4, 0.5) is 0 Å². The molecule has 6 heteroatoms. The third-order valence-electron chi connectivity index (χ3n) is 0.867. The molecular weight excluding hydrogens is 150 g/mol. The number of carbonyl (C=O) groups excluding carboxylic acids is 3. The first kappa shape index (κ1) is 9.41. The summed E-state index contributed by atoms with van der Waals surface area (Å²) in [4.78, 5) is 31.4. The summed E-state index contributed by atoms with van der Waals surface area (Å²) in [6.45, 7) is -0.571. The fourth-order valence-electron chi connectivity index (χ4n) is 0.531. The van der Waals surface area contributed by atoms with Crippen molar-refractivity contribution in [2.45, 2.75) is 0 Å². The van der Waals surface area contributed by atoms with Crippen molar-refractivity contribution in [3.8, 4) is 0 Å². The quantitative estimate of drug-likeness (QED) is 0.430. The number of amides is 3. The molecule has 0 radical (unpaired) electrons. The van der Waals surface area contributed by atoms with E-state index in [9.17, 15) is 14.4 Å². The Morgan fingerprint density at radius 1 is 1.18 bits per heavy atom. The maximum Gasteiger partial charge on any atom is 0.237 e. The lowest BCUT2D eigenvalue weighted by molar-refractivity contribution is -0.129. The van der Waals surface area contributed by atoms with Gasteiger partial charge in [-0.05, 0) is 0 Å². The molecule has 0 spiro atoms. The highest BCUT2D eigenvalue weighted by Gasteiger charge is 2.07. The second-order valence-corrected chi connectivity index (χ2v) is 1.94. The minimum Gasteiger partial charge on any atom is -0.368 e. The van der Waals surface area contributed by atoms with Crippen molar-refractivity contribution in [3.63, 3.8) is 0 Å². The normalized spacial score (nSPS) is 8.73. The molecule has 0 rings (SSSR count). The van der Waals surface area contributed by atoms with Crippen LogP contribution in [0, 0.1) is 0 Å². The van der Waals surface area contributed by atoms with Gasteiger partial charge in [0.1, 0.15) is 0 Å². The van der Waals surface area contributed by atoms with E-state index in [0.717, 1.165) is 4.90 Å². The molecule has 0 unspecified atom stereocenters. The Morgan fingerprint density at radius 2 is 1.55 bits per heavy atom. The zero-order valence-electron chi connectivity index (χ0n) is 5.82. The lowest BCUT2D eigenvalue weighted by atomic mass is 10.5. The molecular formula is C5H9N3O3. The highest BCUT2D eigenvalue weighted by molar-refractivity contribution is 5.82. The fourth-order valence-corrected chi connectivity index (χ4v) is 0.531. The molecule has 0 aromatic rings. The van der Waals surface area contributed by atoms with Gasteiger partial charge in [-0.15, -0.1) is 0 Å². The third-order valence-corrected chi connectivity index (χ3v) is 0.867. The van der Waals surface area contributed by atoms with E-state index >= 15 is 0 Å². The maximum absolute atomic E-state index is 10.2. The van der Waals surface area contributed by atoms with Crippen molar-refractivity contribution in [2.75, 3.05) is 13.1 Å². The van der Waals surface area contributed by atoms with Gasteiger partial charge in [-0.2, -0.15) is 0 Å². The van der Waals surface area contributed by atoms with Gasteiger partial charge in [0.25, 0.3) is 0 Å². The highest BCUT2D eigenvalue weighted by atomic mass is 16.2. The van der Waals surface area contributed by atoms with Crippen molar-refractivity contribution in [3.05, 3.63) is 0 Å². The molecule has 62 valence electrons. The Hall–Kier alpha value is -1.59. The molecule has 0 atom stereocenters. The van der Waals surface area contributed by atoms with Crippen LogP contribution in [0.5, 0.6) is 0 Å². The molecule has 3 amide bonds. The summed E-state index contributed by atoms with van der Waals surface area (Å²) in [5, 5.41) is 0. The average molecular weight is 159 g/mol. The van der Waals surface area contributed by atoms with Crippen LogP contribution in [0.2, 0.25) is 0 Å². The molecule has 6 nitrogen and oxygen atoms in total. The second kappa shape index (κ2) is 4.26. The first-order valence-electron chi connectivity index (χ1n) is 2.82. The summed E-state index contributed by atoms with van der Waals surface area (Å²) in [6.07, 6.45) is 0.343. The molecule has 0 heterocycles. The monoisotopic (exact) mass is 159 g/mol. The smallest absolute Gasteiger partial charge is 0.237 e. The van der Waals surface area contributed by atoms with Gasteiger partial charge < -0.3 is 16.4 Å². The van der Waals surface area contributed by atoms with Crippen LogP contribution in [0.15, 0.2) is 0 Å². The van der Waals surface area contributed by atoms with Gasteiger partial charge in [0.15, 0.2) is 0 Å². The number of hydrogen-bond donors (Lipinski definition) is 2. The Labute approximate surface area is 63.1 Å². The zero-order valence-corrected chi connectivity index (χ0v) is 5.82. The van der Waals surface area contributed by atoms with E-state index in [0.29, 0.717) is 6.41 Å². The van der Waals surface area contributed by atoms with Crippen LogP contribution in [-0.2, 0) is 14.4 Å². The van der Waals surface area contributed by atoms with Gasteiger partial charge in [0, 0.05) is 0 Å². The summed E-state index contributed by atoms with van der Waals surface area (Å²) >= 11 is 0. The first-order chi connectivity index (χ1) is 5.06. The zero-order chi connectivity index (χ0) is 8.85. The maximum atomic E-state index is 10.2. The Bertz CT molecular complexity index is 164. The molecule has 0 aliphatic heterocycles. The van der Waals surface area contributed by atoms with Crippen molar-refractivity contribution in [2.24, 2.45) is 11.5 Å². The van der Waals surface area contributed by atoms with Crippen LogP contribution in [-0.4, -0.2) is 36.2 Å². The predicted octanol–water partition coefficient (Wildman–Crippen LogP) is -2.58. The van der Waals surface area contributed by atoms with Crippen LogP contribution in [0.1, 0.15) is 0 Å². The fraction of sp³-hybridized carbons (Fsp3) is 0.400. The number of hydrogen-bond acceptors (Lipinski definition) is 3. The average Bonchev–Trinajstić information content (AvgIpc) is 1.84. The van der Waals surface area contributed by atoms with Crippen LogP contribution in [0.25, 0.3) is 0 Å². The minimum atomic E-state index is -0.682. The van der Waals surface area contributed by atoms with Crippen molar-refractivity contribution in [1.29, 1.82) is 0 Å². The Kier molecular flexibility index (Phi) is 3.65.